The van der Waals surface area contributed by atoms with Gasteiger partial charge in [-0.3, -0.25) is 0 Å². The Morgan fingerprint density at radius 2 is 1.96 bits per heavy atom. The van der Waals surface area contributed by atoms with Gasteiger partial charge in [0, 0.05) is 6.20 Å². The summed E-state index contributed by atoms with van der Waals surface area (Å²) in [5, 5.41) is 0.0689. The SMILES string of the molecule is COc1ccc2nc(Oc3ncc(C(F)(F)F)cc3F)sc2c1. The lowest BCUT2D eigenvalue weighted by Gasteiger charge is -2.07. The van der Waals surface area contributed by atoms with E-state index in [9.17, 15) is 17.6 Å². The van der Waals surface area contributed by atoms with E-state index < -0.39 is 23.4 Å². The van der Waals surface area contributed by atoms with Crippen LogP contribution in [0.25, 0.3) is 10.2 Å². The van der Waals surface area contributed by atoms with Gasteiger partial charge in [-0.15, -0.1) is 0 Å². The Balaban J connectivity index is 1.90. The molecule has 3 aromatic rings. The van der Waals surface area contributed by atoms with E-state index in [1.54, 1.807) is 18.2 Å². The summed E-state index contributed by atoms with van der Waals surface area (Å²) < 4.78 is 62.1. The first-order valence-electron chi connectivity index (χ1n) is 6.22. The molecule has 1 aromatic carbocycles. The summed E-state index contributed by atoms with van der Waals surface area (Å²) in [6.07, 6.45) is -4.16. The van der Waals surface area contributed by atoms with Crippen LogP contribution in [0.5, 0.6) is 16.8 Å². The monoisotopic (exact) mass is 344 g/mol. The smallest absolute Gasteiger partial charge is 0.417 e. The molecule has 120 valence electrons. The number of thiazole rings is 1. The van der Waals surface area contributed by atoms with Crippen molar-refractivity contribution in [3.8, 4) is 16.8 Å². The van der Waals surface area contributed by atoms with Crippen LogP contribution in [0.4, 0.5) is 17.6 Å². The van der Waals surface area contributed by atoms with E-state index in [1.807, 2.05) is 0 Å². The molecule has 0 radical (unpaired) electrons. The van der Waals surface area contributed by atoms with Crippen LogP contribution in [-0.4, -0.2) is 17.1 Å². The van der Waals surface area contributed by atoms with Crippen molar-refractivity contribution in [3.63, 3.8) is 0 Å². The van der Waals surface area contributed by atoms with Gasteiger partial charge in [0.15, 0.2) is 5.82 Å². The molecule has 0 spiro atoms. The molecule has 0 atom stereocenters. The number of alkyl halides is 3. The van der Waals surface area contributed by atoms with E-state index in [0.717, 1.165) is 16.0 Å². The maximum absolute atomic E-state index is 13.7. The van der Waals surface area contributed by atoms with Gasteiger partial charge in [-0.25, -0.2) is 14.4 Å². The highest BCUT2D eigenvalue weighted by Gasteiger charge is 2.32. The number of ether oxygens (including phenoxy) is 2. The quantitative estimate of drug-likeness (QED) is 0.649. The first-order chi connectivity index (χ1) is 10.9. The van der Waals surface area contributed by atoms with E-state index >= 15 is 0 Å². The fourth-order valence-corrected chi connectivity index (χ4v) is 2.64. The van der Waals surface area contributed by atoms with Crippen molar-refractivity contribution in [2.45, 2.75) is 6.18 Å². The predicted octanol–water partition coefficient (Wildman–Crippen LogP) is 4.65. The molecule has 0 fully saturated rings. The summed E-state index contributed by atoms with van der Waals surface area (Å²) >= 11 is 1.10. The van der Waals surface area contributed by atoms with Gasteiger partial charge in [-0.1, -0.05) is 11.3 Å². The normalized spacial score (nSPS) is 11.7. The van der Waals surface area contributed by atoms with Crippen molar-refractivity contribution in [1.82, 2.24) is 9.97 Å². The molecule has 0 aliphatic rings. The summed E-state index contributed by atoms with van der Waals surface area (Å²) in [5.74, 6) is -1.16. The number of fused-ring (bicyclic) bond motifs is 1. The third-order valence-electron chi connectivity index (χ3n) is 2.89. The lowest BCUT2D eigenvalue weighted by atomic mass is 10.3. The van der Waals surface area contributed by atoms with Crippen LogP contribution in [0.2, 0.25) is 0 Å². The molecule has 23 heavy (non-hydrogen) atoms. The van der Waals surface area contributed by atoms with Crippen molar-refractivity contribution in [1.29, 1.82) is 0 Å². The molecule has 0 N–H and O–H groups in total. The molecular weight excluding hydrogens is 336 g/mol. The minimum atomic E-state index is -4.67. The minimum Gasteiger partial charge on any atom is -0.497 e. The summed E-state index contributed by atoms with van der Waals surface area (Å²) in [6.45, 7) is 0. The van der Waals surface area contributed by atoms with E-state index in [4.69, 9.17) is 9.47 Å². The Morgan fingerprint density at radius 1 is 1.17 bits per heavy atom. The molecule has 2 heterocycles. The van der Waals surface area contributed by atoms with Gasteiger partial charge in [0.05, 0.1) is 22.9 Å². The molecule has 4 nitrogen and oxygen atoms in total. The van der Waals surface area contributed by atoms with E-state index in [2.05, 4.69) is 9.97 Å². The van der Waals surface area contributed by atoms with Crippen LogP contribution in [-0.2, 0) is 6.18 Å². The molecule has 0 bridgehead atoms. The van der Waals surface area contributed by atoms with E-state index in [-0.39, 0.29) is 5.19 Å². The van der Waals surface area contributed by atoms with Crippen LogP contribution in [0.3, 0.4) is 0 Å². The molecule has 0 saturated carbocycles. The summed E-state index contributed by atoms with van der Waals surface area (Å²) in [5.41, 5.74) is -0.588. The Morgan fingerprint density at radius 3 is 2.61 bits per heavy atom. The largest absolute Gasteiger partial charge is 0.497 e. The number of halogens is 4. The maximum atomic E-state index is 13.7. The van der Waals surface area contributed by atoms with Crippen molar-refractivity contribution in [2.24, 2.45) is 0 Å². The zero-order valence-electron chi connectivity index (χ0n) is 11.5. The Kier molecular flexibility index (Phi) is 3.80. The van der Waals surface area contributed by atoms with Gasteiger partial charge in [-0.05, 0) is 24.3 Å². The van der Waals surface area contributed by atoms with Crippen LogP contribution in [0.1, 0.15) is 5.56 Å². The number of hydrogen-bond acceptors (Lipinski definition) is 5. The second-order valence-electron chi connectivity index (χ2n) is 4.42. The number of aromatic nitrogens is 2. The van der Waals surface area contributed by atoms with Crippen LogP contribution >= 0.6 is 11.3 Å². The summed E-state index contributed by atoms with van der Waals surface area (Å²) in [4.78, 5) is 7.48. The van der Waals surface area contributed by atoms with Crippen molar-refractivity contribution < 1.29 is 27.0 Å². The second-order valence-corrected chi connectivity index (χ2v) is 5.42. The molecule has 0 unspecified atom stereocenters. The van der Waals surface area contributed by atoms with Crippen LogP contribution in [0, 0.1) is 5.82 Å². The molecule has 0 aliphatic carbocycles. The number of pyridine rings is 1. The van der Waals surface area contributed by atoms with Gasteiger partial charge >= 0.3 is 6.18 Å². The maximum Gasteiger partial charge on any atom is 0.417 e. The van der Waals surface area contributed by atoms with Gasteiger partial charge < -0.3 is 9.47 Å². The van der Waals surface area contributed by atoms with Crippen molar-refractivity contribution in [3.05, 3.63) is 41.8 Å². The van der Waals surface area contributed by atoms with Gasteiger partial charge in [-0.2, -0.15) is 13.2 Å². The number of benzene rings is 1. The number of methoxy groups -OCH3 is 1. The zero-order chi connectivity index (χ0) is 16.6. The van der Waals surface area contributed by atoms with Gasteiger partial charge in [0.2, 0.25) is 0 Å². The van der Waals surface area contributed by atoms with E-state index in [0.29, 0.717) is 23.5 Å². The molecule has 9 heteroatoms. The highest BCUT2D eigenvalue weighted by atomic mass is 32.1. The van der Waals surface area contributed by atoms with Gasteiger partial charge in [0.25, 0.3) is 11.1 Å². The number of hydrogen-bond donors (Lipinski definition) is 0. The molecule has 3 rings (SSSR count). The number of nitrogens with zero attached hydrogens (tertiary/aromatic N) is 2. The van der Waals surface area contributed by atoms with Crippen molar-refractivity contribution >= 4 is 21.6 Å². The molecule has 0 saturated heterocycles. The minimum absolute atomic E-state index is 0.0689. The summed E-state index contributed by atoms with van der Waals surface area (Å²) in [6, 6.07) is 5.44. The zero-order valence-corrected chi connectivity index (χ0v) is 12.3. The standard InChI is InChI=1S/C14H8F4N2O2S/c1-21-8-2-3-10-11(5-8)23-13(20-10)22-12-9(15)4-7(6-19-12)14(16,17)18/h2-6H,1H3. The first-order valence-corrected chi connectivity index (χ1v) is 7.03. The van der Waals surface area contributed by atoms with Crippen LogP contribution in [0.15, 0.2) is 30.5 Å². The third kappa shape index (κ3) is 3.19. The van der Waals surface area contributed by atoms with E-state index in [1.165, 1.54) is 7.11 Å². The average Bonchev–Trinajstić information content (AvgIpc) is 2.89. The lowest BCUT2D eigenvalue weighted by molar-refractivity contribution is -0.138. The van der Waals surface area contributed by atoms with Crippen molar-refractivity contribution in [2.75, 3.05) is 7.11 Å². The molecule has 2 aromatic heterocycles. The predicted molar refractivity (Wildman–Crippen MR) is 75.4 cm³/mol. The first kappa shape index (κ1) is 15.5. The Hall–Kier alpha value is -2.42. The number of rotatable bonds is 3. The molecule has 0 aliphatic heterocycles. The fraction of sp³-hybridized carbons (Fsp3) is 0.143. The second kappa shape index (κ2) is 5.65. The lowest BCUT2D eigenvalue weighted by Crippen LogP contribution is -2.06. The van der Waals surface area contributed by atoms with Gasteiger partial charge in [0.1, 0.15) is 5.75 Å². The van der Waals surface area contributed by atoms with Crippen LogP contribution < -0.4 is 9.47 Å². The Labute approximate surface area is 131 Å². The molecular formula is C14H8F4N2O2S. The molecule has 0 amide bonds. The highest BCUT2D eigenvalue weighted by molar-refractivity contribution is 7.20. The third-order valence-corrected chi connectivity index (χ3v) is 3.79. The highest BCUT2D eigenvalue weighted by Crippen LogP contribution is 2.35. The summed E-state index contributed by atoms with van der Waals surface area (Å²) in [7, 11) is 1.51. The fourth-order valence-electron chi connectivity index (χ4n) is 1.79. The average molecular weight is 344 g/mol. The topological polar surface area (TPSA) is 44.2 Å². The Bertz CT molecular complexity index is 864.